The van der Waals surface area contributed by atoms with Crippen LogP contribution < -0.4 is 15.8 Å². The third kappa shape index (κ3) is 6.44. The van der Waals surface area contributed by atoms with Crippen molar-refractivity contribution >= 4 is 27.6 Å². The van der Waals surface area contributed by atoms with Crippen LogP contribution in [0.1, 0.15) is 22.8 Å². The summed E-state index contributed by atoms with van der Waals surface area (Å²) in [5.74, 6) is -1.07. The maximum Gasteiger partial charge on any atom is 0.338 e. The summed E-state index contributed by atoms with van der Waals surface area (Å²) < 4.78 is 27.4. The molecule has 0 aliphatic rings. The van der Waals surface area contributed by atoms with Gasteiger partial charge >= 0.3 is 5.97 Å². The molecule has 0 heterocycles. The standard InChI is InChI=1S/C20H20N4O5S/c1-2-29-20(26)15-5-3-14(4-6-15)12-23-13-16(11-21)19(25)24-17-7-9-18(10-8-17)30(22,27)28/h3-10,13,23H,2,12H2,1H3,(H,24,25)(H2,22,27,28)/b16-13-. The Hall–Kier alpha value is -3.68. The van der Waals surface area contributed by atoms with Crippen LogP contribution in [0.4, 0.5) is 5.69 Å². The molecule has 1 amide bonds. The molecule has 0 unspecified atom stereocenters. The van der Waals surface area contributed by atoms with E-state index in [4.69, 9.17) is 9.88 Å². The number of benzene rings is 2. The number of nitrogens with one attached hydrogen (secondary N) is 2. The van der Waals surface area contributed by atoms with Gasteiger partial charge in [-0.25, -0.2) is 18.4 Å². The number of anilines is 1. The van der Waals surface area contributed by atoms with Crippen LogP contribution in [0.3, 0.4) is 0 Å². The summed E-state index contributed by atoms with van der Waals surface area (Å²) in [6.45, 7) is 2.35. The quantitative estimate of drug-likeness (QED) is 0.328. The second kappa shape index (κ2) is 10.2. The van der Waals surface area contributed by atoms with Gasteiger partial charge in [0.15, 0.2) is 0 Å². The van der Waals surface area contributed by atoms with Gasteiger partial charge in [0.1, 0.15) is 11.6 Å². The molecule has 0 spiro atoms. The Kier molecular flexibility index (Phi) is 7.69. The number of hydrogen-bond donors (Lipinski definition) is 3. The molecule has 2 aromatic carbocycles. The Bertz CT molecular complexity index is 1090. The van der Waals surface area contributed by atoms with Gasteiger partial charge in [0.2, 0.25) is 10.0 Å². The van der Waals surface area contributed by atoms with Crippen LogP contribution in [0.15, 0.2) is 65.2 Å². The molecule has 9 nitrogen and oxygen atoms in total. The summed E-state index contributed by atoms with van der Waals surface area (Å²) in [4.78, 5) is 23.7. The summed E-state index contributed by atoms with van der Waals surface area (Å²) >= 11 is 0. The molecular formula is C20H20N4O5S. The largest absolute Gasteiger partial charge is 0.462 e. The van der Waals surface area contributed by atoms with E-state index in [2.05, 4.69) is 10.6 Å². The number of nitriles is 1. The molecule has 0 radical (unpaired) electrons. The first kappa shape index (κ1) is 22.6. The zero-order chi connectivity index (χ0) is 22.1. The van der Waals surface area contributed by atoms with Gasteiger partial charge in [-0.3, -0.25) is 4.79 Å². The SMILES string of the molecule is CCOC(=O)c1ccc(CN/C=C(/C#N)C(=O)Nc2ccc(S(N)(=O)=O)cc2)cc1. The molecule has 2 aromatic rings. The number of ether oxygens (including phenoxy) is 1. The van der Waals surface area contributed by atoms with Crippen molar-refractivity contribution in [3.63, 3.8) is 0 Å². The Morgan fingerprint density at radius 1 is 1.13 bits per heavy atom. The minimum absolute atomic E-state index is 0.0906. The second-order valence-electron chi connectivity index (χ2n) is 5.99. The van der Waals surface area contributed by atoms with Crippen molar-refractivity contribution in [1.29, 1.82) is 5.26 Å². The minimum Gasteiger partial charge on any atom is -0.462 e. The molecule has 10 heteroatoms. The van der Waals surface area contributed by atoms with E-state index in [0.717, 1.165) is 5.56 Å². The highest BCUT2D eigenvalue weighted by Crippen LogP contribution is 2.13. The molecule has 4 N–H and O–H groups in total. The average Bonchev–Trinajstić information content (AvgIpc) is 2.71. The van der Waals surface area contributed by atoms with Gasteiger partial charge in [-0.2, -0.15) is 5.26 Å². The molecule has 0 aliphatic carbocycles. The normalized spacial score (nSPS) is 11.3. The Labute approximate surface area is 174 Å². The number of nitrogens with zero attached hydrogens (tertiary/aromatic N) is 1. The van der Waals surface area contributed by atoms with E-state index >= 15 is 0 Å². The van der Waals surface area contributed by atoms with Crippen molar-refractivity contribution in [2.45, 2.75) is 18.4 Å². The Balaban J connectivity index is 1.96. The van der Waals surface area contributed by atoms with Gasteiger partial charge in [0.25, 0.3) is 5.91 Å². The monoisotopic (exact) mass is 428 g/mol. The first-order valence-electron chi connectivity index (χ1n) is 8.78. The first-order chi connectivity index (χ1) is 14.2. The zero-order valence-electron chi connectivity index (χ0n) is 16.1. The minimum atomic E-state index is -3.83. The summed E-state index contributed by atoms with van der Waals surface area (Å²) in [6, 6.07) is 13.7. The summed E-state index contributed by atoms with van der Waals surface area (Å²) in [6.07, 6.45) is 1.27. The highest BCUT2D eigenvalue weighted by molar-refractivity contribution is 7.89. The number of esters is 1. The third-order valence-corrected chi connectivity index (χ3v) is 4.75. The van der Waals surface area contributed by atoms with Crippen LogP contribution in [0.25, 0.3) is 0 Å². The fraction of sp³-hybridized carbons (Fsp3) is 0.150. The lowest BCUT2D eigenvalue weighted by atomic mass is 10.1. The number of nitrogens with two attached hydrogens (primary N) is 1. The van der Waals surface area contributed by atoms with E-state index in [1.54, 1.807) is 37.3 Å². The summed E-state index contributed by atoms with van der Waals surface area (Å²) in [5.41, 5.74) is 1.40. The molecule has 0 bridgehead atoms. The molecule has 0 atom stereocenters. The second-order valence-corrected chi connectivity index (χ2v) is 7.55. The molecule has 30 heavy (non-hydrogen) atoms. The smallest absolute Gasteiger partial charge is 0.338 e. The van der Waals surface area contributed by atoms with E-state index < -0.39 is 21.9 Å². The van der Waals surface area contributed by atoms with Crippen LogP contribution in [0.5, 0.6) is 0 Å². The number of rotatable bonds is 8. The van der Waals surface area contributed by atoms with Gasteiger partial charge in [-0.15, -0.1) is 0 Å². The average molecular weight is 428 g/mol. The number of amides is 1. The number of primary sulfonamides is 1. The highest BCUT2D eigenvalue weighted by Gasteiger charge is 2.11. The van der Waals surface area contributed by atoms with Crippen molar-refractivity contribution in [3.05, 3.63) is 71.4 Å². The van der Waals surface area contributed by atoms with Gasteiger partial charge in [-0.1, -0.05) is 12.1 Å². The summed E-state index contributed by atoms with van der Waals surface area (Å²) in [5, 5.41) is 19.6. The molecule has 0 aromatic heterocycles. The van der Waals surface area contributed by atoms with E-state index in [0.29, 0.717) is 24.4 Å². The van der Waals surface area contributed by atoms with Crippen molar-refractivity contribution in [2.24, 2.45) is 5.14 Å². The van der Waals surface area contributed by atoms with Gasteiger partial charge in [0, 0.05) is 18.4 Å². The zero-order valence-corrected chi connectivity index (χ0v) is 16.9. The van der Waals surface area contributed by atoms with Crippen LogP contribution in [-0.4, -0.2) is 26.9 Å². The number of carbonyl (C=O) groups excluding carboxylic acids is 2. The van der Waals surface area contributed by atoms with E-state index in [9.17, 15) is 23.3 Å². The predicted molar refractivity (Wildman–Crippen MR) is 109 cm³/mol. The van der Waals surface area contributed by atoms with Crippen molar-refractivity contribution < 1.29 is 22.7 Å². The van der Waals surface area contributed by atoms with Crippen molar-refractivity contribution in [2.75, 3.05) is 11.9 Å². The van der Waals surface area contributed by atoms with Gasteiger partial charge < -0.3 is 15.4 Å². The van der Waals surface area contributed by atoms with Crippen LogP contribution >= 0.6 is 0 Å². The van der Waals surface area contributed by atoms with Crippen LogP contribution in [0.2, 0.25) is 0 Å². The molecule has 0 saturated carbocycles. The molecule has 0 fully saturated rings. The maximum absolute atomic E-state index is 12.2. The lowest BCUT2D eigenvalue weighted by Gasteiger charge is -2.07. The molecule has 0 aliphatic heterocycles. The first-order valence-corrected chi connectivity index (χ1v) is 10.3. The molecule has 156 valence electrons. The molecule has 2 rings (SSSR count). The number of hydrogen-bond acceptors (Lipinski definition) is 7. The van der Waals surface area contributed by atoms with Crippen molar-refractivity contribution in [3.8, 4) is 6.07 Å². The molecular weight excluding hydrogens is 408 g/mol. The predicted octanol–water partition coefficient (Wildman–Crippen LogP) is 1.65. The third-order valence-electron chi connectivity index (χ3n) is 3.82. The fourth-order valence-corrected chi connectivity index (χ4v) is 2.83. The number of carbonyl (C=O) groups is 2. The highest BCUT2D eigenvalue weighted by atomic mass is 32.2. The summed E-state index contributed by atoms with van der Waals surface area (Å²) in [7, 11) is -3.83. The topological polar surface area (TPSA) is 151 Å². The Morgan fingerprint density at radius 3 is 2.30 bits per heavy atom. The van der Waals surface area contributed by atoms with Crippen LogP contribution in [0, 0.1) is 11.3 Å². The molecule has 0 saturated heterocycles. The number of sulfonamides is 1. The Morgan fingerprint density at radius 2 is 1.77 bits per heavy atom. The lowest BCUT2D eigenvalue weighted by molar-refractivity contribution is -0.112. The van der Waals surface area contributed by atoms with Crippen LogP contribution in [-0.2, 0) is 26.1 Å². The maximum atomic E-state index is 12.2. The lowest BCUT2D eigenvalue weighted by Crippen LogP contribution is -2.17. The van der Waals surface area contributed by atoms with Crippen molar-refractivity contribution in [1.82, 2.24) is 5.32 Å². The van der Waals surface area contributed by atoms with Gasteiger partial charge in [-0.05, 0) is 48.9 Å². The van der Waals surface area contributed by atoms with E-state index in [-0.39, 0.29) is 10.5 Å². The van der Waals surface area contributed by atoms with E-state index in [1.165, 1.54) is 30.5 Å². The van der Waals surface area contributed by atoms with Gasteiger partial charge in [0.05, 0.1) is 17.1 Å². The van der Waals surface area contributed by atoms with E-state index in [1.807, 2.05) is 0 Å². The fourth-order valence-electron chi connectivity index (χ4n) is 2.32.